The minimum Gasteiger partial charge on any atom is -0.492 e. The van der Waals surface area contributed by atoms with E-state index < -0.39 is 0 Å². The molecule has 0 aliphatic carbocycles. The summed E-state index contributed by atoms with van der Waals surface area (Å²) in [7, 11) is 0. The average Bonchev–Trinajstić information content (AvgIpc) is 2.75. The molecule has 3 rings (SSSR count). The molecule has 1 saturated heterocycles. The van der Waals surface area contributed by atoms with Gasteiger partial charge in [0.15, 0.2) is 5.17 Å². The number of nitrogens with zero attached hydrogens (tertiary/aromatic N) is 3. The minimum atomic E-state index is 0.447. The van der Waals surface area contributed by atoms with Crippen LogP contribution in [0.2, 0.25) is 0 Å². The molecule has 7 heteroatoms. The number of amidine groups is 1. The van der Waals surface area contributed by atoms with Crippen LogP contribution >= 0.6 is 11.8 Å². The molecule has 0 aromatic heterocycles. The molecule has 1 aliphatic heterocycles. The molecular formula is C21H26N4O2S. The molecule has 0 bridgehead atoms. The lowest BCUT2D eigenvalue weighted by Gasteiger charge is -2.26. The number of nitrogens with two attached hydrogens (primary N) is 1. The lowest BCUT2D eigenvalue weighted by atomic mass is 10.2. The monoisotopic (exact) mass is 398 g/mol. The molecule has 2 N–H and O–H groups in total. The maximum Gasteiger partial charge on any atom is 0.180 e. The third kappa shape index (κ3) is 7.34. The van der Waals surface area contributed by atoms with Gasteiger partial charge in [0, 0.05) is 25.4 Å². The quantitative estimate of drug-likeness (QED) is 0.420. The van der Waals surface area contributed by atoms with Gasteiger partial charge in [0.2, 0.25) is 0 Å². The Morgan fingerprint density at radius 1 is 1.11 bits per heavy atom. The fraction of sp³-hybridized carbons (Fsp3) is 0.333. The first-order chi connectivity index (χ1) is 13.8. The first kappa shape index (κ1) is 20.4. The number of hydrogen-bond acceptors (Lipinski definition) is 6. The standard InChI is InChI=1S/C21H26N4O2S/c22-21(28-17-19-4-2-1-3-5-19)24-23-16-18-6-8-20(9-7-18)27-15-12-25-10-13-26-14-11-25/h1-9,16H,10-15,17H2,(H2,22,24). The lowest BCUT2D eigenvalue weighted by molar-refractivity contribution is 0.0322. The smallest absolute Gasteiger partial charge is 0.180 e. The van der Waals surface area contributed by atoms with Crippen molar-refractivity contribution in [3.05, 3.63) is 65.7 Å². The minimum absolute atomic E-state index is 0.447. The fourth-order valence-electron chi connectivity index (χ4n) is 2.68. The largest absolute Gasteiger partial charge is 0.492 e. The molecule has 1 heterocycles. The van der Waals surface area contributed by atoms with Crippen molar-refractivity contribution < 1.29 is 9.47 Å². The Morgan fingerprint density at radius 3 is 2.61 bits per heavy atom. The van der Waals surface area contributed by atoms with Crippen LogP contribution in [0.3, 0.4) is 0 Å². The van der Waals surface area contributed by atoms with E-state index in [-0.39, 0.29) is 0 Å². The van der Waals surface area contributed by atoms with Gasteiger partial charge in [-0.25, -0.2) is 0 Å². The number of benzene rings is 2. The molecule has 0 amide bonds. The molecular weight excluding hydrogens is 372 g/mol. The Labute approximate surface area is 170 Å². The van der Waals surface area contributed by atoms with Crippen molar-refractivity contribution in [3.8, 4) is 5.75 Å². The fourth-order valence-corrected chi connectivity index (χ4v) is 3.29. The van der Waals surface area contributed by atoms with E-state index in [0.29, 0.717) is 11.8 Å². The van der Waals surface area contributed by atoms with Crippen molar-refractivity contribution in [3.63, 3.8) is 0 Å². The van der Waals surface area contributed by atoms with Gasteiger partial charge in [-0.3, -0.25) is 4.90 Å². The second-order valence-electron chi connectivity index (χ2n) is 6.33. The van der Waals surface area contributed by atoms with Crippen LogP contribution < -0.4 is 10.5 Å². The van der Waals surface area contributed by atoms with E-state index in [1.165, 1.54) is 17.3 Å². The average molecular weight is 399 g/mol. The molecule has 1 fully saturated rings. The van der Waals surface area contributed by atoms with Crippen molar-refractivity contribution in [1.29, 1.82) is 0 Å². The van der Waals surface area contributed by atoms with Gasteiger partial charge in [-0.05, 0) is 35.4 Å². The Morgan fingerprint density at radius 2 is 1.86 bits per heavy atom. The summed E-state index contributed by atoms with van der Waals surface area (Å²) < 4.78 is 11.1. The van der Waals surface area contributed by atoms with E-state index in [2.05, 4.69) is 27.2 Å². The SMILES string of the molecule is NC(=NN=Cc1ccc(OCCN2CCOCC2)cc1)SCc1ccccc1. The van der Waals surface area contributed by atoms with E-state index in [9.17, 15) is 0 Å². The summed E-state index contributed by atoms with van der Waals surface area (Å²) >= 11 is 1.47. The highest BCUT2D eigenvalue weighted by molar-refractivity contribution is 8.13. The topological polar surface area (TPSA) is 72.4 Å². The molecule has 148 valence electrons. The van der Waals surface area contributed by atoms with Gasteiger partial charge in [-0.1, -0.05) is 42.1 Å². The maximum absolute atomic E-state index is 5.89. The number of rotatable bonds is 8. The van der Waals surface area contributed by atoms with E-state index >= 15 is 0 Å². The Kier molecular flexibility index (Phi) is 8.36. The van der Waals surface area contributed by atoms with Gasteiger partial charge >= 0.3 is 0 Å². The molecule has 2 aromatic rings. The van der Waals surface area contributed by atoms with Crippen LogP contribution in [0, 0.1) is 0 Å². The van der Waals surface area contributed by atoms with E-state index in [1.807, 2.05) is 42.5 Å². The number of morpholine rings is 1. The summed E-state index contributed by atoms with van der Waals surface area (Å²) in [6, 6.07) is 17.9. The number of ether oxygens (including phenoxy) is 2. The van der Waals surface area contributed by atoms with Crippen molar-refractivity contribution in [2.45, 2.75) is 5.75 Å². The van der Waals surface area contributed by atoms with Crippen molar-refractivity contribution >= 4 is 23.1 Å². The van der Waals surface area contributed by atoms with Gasteiger partial charge in [-0.2, -0.15) is 5.10 Å². The third-order valence-electron chi connectivity index (χ3n) is 4.25. The van der Waals surface area contributed by atoms with Crippen LogP contribution in [-0.4, -0.2) is 55.7 Å². The van der Waals surface area contributed by atoms with Gasteiger partial charge < -0.3 is 15.2 Å². The van der Waals surface area contributed by atoms with Crippen LogP contribution in [0.5, 0.6) is 5.75 Å². The summed E-state index contributed by atoms with van der Waals surface area (Å²) in [4.78, 5) is 2.35. The zero-order valence-electron chi connectivity index (χ0n) is 15.9. The Balaban J connectivity index is 1.39. The normalized spacial score (nSPS) is 15.8. The molecule has 1 aliphatic rings. The van der Waals surface area contributed by atoms with Gasteiger partial charge in [0.05, 0.1) is 19.4 Å². The highest BCUT2D eigenvalue weighted by Crippen LogP contribution is 2.13. The third-order valence-corrected chi connectivity index (χ3v) is 5.11. The van der Waals surface area contributed by atoms with Gasteiger partial charge in [0.1, 0.15) is 12.4 Å². The van der Waals surface area contributed by atoms with Crippen LogP contribution in [0.4, 0.5) is 0 Å². The van der Waals surface area contributed by atoms with Crippen molar-refractivity contribution in [1.82, 2.24) is 4.90 Å². The number of hydrogen-bond donors (Lipinski definition) is 1. The summed E-state index contributed by atoms with van der Waals surface area (Å²) in [5, 5.41) is 8.55. The van der Waals surface area contributed by atoms with Crippen LogP contribution in [-0.2, 0) is 10.5 Å². The molecule has 6 nitrogen and oxygen atoms in total. The predicted molar refractivity (Wildman–Crippen MR) is 116 cm³/mol. The Hall–Kier alpha value is -2.35. The van der Waals surface area contributed by atoms with Gasteiger partial charge in [0.25, 0.3) is 0 Å². The van der Waals surface area contributed by atoms with Crippen LogP contribution in [0.25, 0.3) is 0 Å². The van der Waals surface area contributed by atoms with E-state index in [0.717, 1.165) is 49.9 Å². The summed E-state index contributed by atoms with van der Waals surface area (Å²) in [5.41, 5.74) is 8.05. The van der Waals surface area contributed by atoms with E-state index in [1.54, 1.807) is 6.21 Å². The van der Waals surface area contributed by atoms with Gasteiger partial charge in [-0.15, -0.1) is 5.10 Å². The molecule has 0 radical (unpaired) electrons. The zero-order valence-corrected chi connectivity index (χ0v) is 16.7. The predicted octanol–water partition coefficient (Wildman–Crippen LogP) is 2.98. The van der Waals surface area contributed by atoms with Crippen molar-refractivity contribution in [2.24, 2.45) is 15.9 Å². The maximum atomic E-state index is 5.89. The highest BCUT2D eigenvalue weighted by Gasteiger charge is 2.09. The summed E-state index contributed by atoms with van der Waals surface area (Å²) in [6.07, 6.45) is 1.69. The molecule has 2 aromatic carbocycles. The molecule has 28 heavy (non-hydrogen) atoms. The molecule has 0 unspecified atom stereocenters. The molecule has 0 saturated carbocycles. The first-order valence-corrected chi connectivity index (χ1v) is 10.3. The van der Waals surface area contributed by atoms with Crippen LogP contribution in [0.1, 0.15) is 11.1 Å². The summed E-state index contributed by atoms with van der Waals surface area (Å²) in [5.74, 6) is 1.63. The number of thioether (sulfide) groups is 1. The second kappa shape index (κ2) is 11.5. The van der Waals surface area contributed by atoms with E-state index in [4.69, 9.17) is 15.2 Å². The Bertz CT molecular complexity index is 760. The highest BCUT2D eigenvalue weighted by atomic mass is 32.2. The van der Waals surface area contributed by atoms with Crippen molar-refractivity contribution in [2.75, 3.05) is 39.5 Å². The molecule has 0 atom stereocenters. The second-order valence-corrected chi connectivity index (χ2v) is 7.32. The summed E-state index contributed by atoms with van der Waals surface area (Å²) in [6.45, 7) is 5.17. The first-order valence-electron chi connectivity index (χ1n) is 9.36. The zero-order chi connectivity index (χ0) is 19.4. The molecule has 0 spiro atoms. The van der Waals surface area contributed by atoms with Crippen LogP contribution in [0.15, 0.2) is 64.8 Å². The lowest BCUT2D eigenvalue weighted by Crippen LogP contribution is -2.38.